The van der Waals surface area contributed by atoms with Gasteiger partial charge < -0.3 is 10.1 Å². The molecule has 0 spiro atoms. The molecule has 0 aliphatic heterocycles. The Morgan fingerprint density at radius 1 is 1.56 bits per heavy atom. The van der Waals surface area contributed by atoms with Crippen LogP contribution in [0, 0.1) is 18.3 Å². The van der Waals surface area contributed by atoms with Gasteiger partial charge in [0.15, 0.2) is 6.61 Å². The van der Waals surface area contributed by atoms with E-state index in [9.17, 15) is 0 Å². The van der Waals surface area contributed by atoms with E-state index in [-0.39, 0.29) is 6.61 Å². The zero-order chi connectivity index (χ0) is 11.4. The number of hydrogen-bond donors (Lipinski definition) is 1. The molecule has 0 bridgehead atoms. The SMILES string of the molecule is Cc1ccc(OCC#N)c(CNC2CC2)n1. The van der Waals surface area contributed by atoms with Crippen molar-refractivity contribution in [2.24, 2.45) is 0 Å². The predicted molar refractivity (Wildman–Crippen MR) is 59.9 cm³/mol. The van der Waals surface area contributed by atoms with Crippen LogP contribution >= 0.6 is 0 Å². The molecular formula is C12H15N3O. The van der Waals surface area contributed by atoms with E-state index in [4.69, 9.17) is 10.00 Å². The minimum absolute atomic E-state index is 0.0706. The van der Waals surface area contributed by atoms with Gasteiger partial charge in [-0.1, -0.05) is 0 Å². The van der Waals surface area contributed by atoms with Crippen LogP contribution in [-0.4, -0.2) is 17.6 Å². The third-order valence-corrected chi connectivity index (χ3v) is 2.50. The Hall–Kier alpha value is -1.60. The highest BCUT2D eigenvalue weighted by molar-refractivity contribution is 5.29. The van der Waals surface area contributed by atoms with E-state index < -0.39 is 0 Å². The van der Waals surface area contributed by atoms with E-state index in [1.807, 2.05) is 25.1 Å². The minimum Gasteiger partial charge on any atom is -0.477 e. The number of nitrogens with zero attached hydrogens (tertiary/aromatic N) is 2. The van der Waals surface area contributed by atoms with Crippen LogP contribution in [0.5, 0.6) is 5.75 Å². The molecule has 1 aromatic rings. The molecule has 2 rings (SSSR count). The zero-order valence-electron chi connectivity index (χ0n) is 9.36. The molecule has 0 atom stereocenters. The molecule has 0 unspecified atom stereocenters. The molecule has 4 nitrogen and oxygen atoms in total. The van der Waals surface area contributed by atoms with Crippen LogP contribution in [0.1, 0.15) is 24.2 Å². The van der Waals surface area contributed by atoms with Crippen LogP contribution in [0.15, 0.2) is 12.1 Å². The first-order valence-electron chi connectivity index (χ1n) is 5.49. The number of aromatic nitrogens is 1. The molecule has 84 valence electrons. The first-order valence-corrected chi connectivity index (χ1v) is 5.49. The average molecular weight is 217 g/mol. The van der Waals surface area contributed by atoms with Crippen LogP contribution in [0.25, 0.3) is 0 Å². The Morgan fingerprint density at radius 2 is 2.38 bits per heavy atom. The third kappa shape index (κ3) is 2.94. The summed E-state index contributed by atoms with van der Waals surface area (Å²) in [4.78, 5) is 4.43. The molecule has 1 aliphatic carbocycles. The van der Waals surface area contributed by atoms with Crippen molar-refractivity contribution in [2.75, 3.05) is 6.61 Å². The first-order chi connectivity index (χ1) is 7.79. The highest BCUT2D eigenvalue weighted by Gasteiger charge is 2.21. The Kier molecular flexibility index (Phi) is 3.37. The largest absolute Gasteiger partial charge is 0.477 e. The van der Waals surface area contributed by atoms with Gasteiger partial charge in [0.1, 0.15) is 11.8 Å². The van der Waals surface area contributed by atoms with Crippen LogP contribution in [0.2, 0.25) is 0 Å². The van der Waals surface area contributed by atoms with Gasteiger partial charge in [-0.25, -0.2) is 0 Å². The lowest BCUT2D eigenvalue weighted by atomic mass is 10.3. The van der Waals surface area contributed by atoms with Crippen LogP contribution < -0.4 is 10.1 Å². The molecule has 1 aromatic heterocycles. The Balaban J connectivity index is 2.04. The van der Waals surface area contributed by atoms with Gasteiger partial charge in [-0.05, 0) is 31.9 Å². The smallest absolute Gasteiger partial charge is 0.174 e. The lowest BCUT2D eigenvalue weighted by Crippen LogP contribution is -2.17. The van der Waals surface area contributed by atoms with Gasteiger partial charge in [-0.15, -0.1) is 0 Å². The number of nitriles is 1. The van der Waals surface area contributed by atoms with Crippen LogP contribution in [-0.2, 0) is 6.54 Å². The normalized spacial score (nSPS) is 14.5. The van der Waals surface area contributed by atoms with Crippen molar-refractivity contribution >= 4 is 0 Å². The molecule has 0 radical (unpaired) electrons. The molecular weight excluding hydrogens is 202 g/mol. The standard InChI is InChI=1S/C12H15N3O/c1-9-2-5-12(16-7-6-13)11(15-9)8-14-10-3-4-10/h2,5,10,14H,3-4,7-8H2,1H3. The molecule has 0 saturated heterocycles. The fourth-order valence-electron chi connectivity index (χ4n) is 1.49. The lowest BCUT2D eigenvalue weighted by Gasteiger charge is -2.09. The van der Waals surface area contributed by atoms with Crippen molar-refractivity contribution in [2.45, 2.75) is 32.4 Å². The van der Waals surface area contributed by atoms with Gasteiger partial charge in [-0.3, -0.25) is 4.98 Å². The van der Waals surface area contributed by atoms with E-state index in [1.165, 1.54) is 12.8 Å². The van der Waals surface area contributed by atoms with Gasteiger partial charge in [0.25, 0.3) is 0 Å². The van der Waals surface area contributed by atoms with Crippen molar-refractivity contribution in [1.29, 1.82) is 5.26 Å². The van der Waals surface area contributed by atoms with E-state index >= 15 is 0 Å². The van der Waals surface area contributed by atoms with E-state index in [2.05, 4.69) is 10.3 Å². The van der Waals surface area contributed by atoms with Gasteiger partial charge in [0.2, 0.25) is 0 Å². The molecule has 1 N–H and O–H groups in total. The Morgan fingerprint density at radius 3 is 3.06 bits per heavy atom. The molecule has 0 aromatic carbocycles. The summed E-state index contributed by atoms with van der Waals surface area (Å²) in [5, 5.41) is 11.9. The molecule has 1 heterocycles. The second-order valence-corrected chi connectivity index (χ2v) is 4.00. The van der Waals surface area contributed by atoms with Crippen molar-refractivity contribution in [3.8, 4) is 11.8 Å². The van der Waals surface area contributed by atoms with Crippen molar-refractivity contribution in [3.05, 3.63) is 23.5 Å². The maximum absolute atomic E-state index is 8.49. The fourth-order valence-corrected chi connectivity index (χ4v) is 1.49. The number of ether oxygens (including phenoxy) is 1. The predicted octanol–water partition coefficient (Wildman–Crippen LogP) is 1.54. The van der Waals surface area contributed by atoms with E-state index in [0.717, 1.165) is 11.4 Å². The summed E-state index contributed by atoms with van der Waals surface area (Å²) >= 11 is 0. The summed E-state index contributed by atoms with van der Waals surface area (Å²) in [6.45, 7) is 2.74. The summed E-state index contributed by atoms with van der Waals surface area (Å²) in [6.07, 6.45) is 2.50. The number of nitrogens with one attached hydrogen (secondary N) is 1. The zero-order valence-corrected chi connectivity index (χ0v) is 9.36. The Labute approximate surface area is 95.3 Å². The molecule has 1 fully saturated rings. The number of hydrogen-bond acceptors (Lipinski definition) is 4. The summed E-state index contributed by atoms with van der Waals surface area (Å²) in [7, 11) is 0. The second kappa shape index (κ2) is 4.95. The van der Waals surface area contributed by atoms with Crippen molar-refractivity contribution in [3.63, 3.8) is 0 Å². The summed E-state index contributed by atoms with van der Waals surface area (Å²) < 4.78 is 5.33. The van der Waals surface area contributed by atoms with Gasteiger partial charge in [0.05, 0.1) is 5.69 Å². The minimum atomic E-state index is 0.0706. The maximum Gasteiger partial charge on any atom is 0.174 e. The number of pyridine rings is 1. The number of aryl methyl sites for hydroxylation is 1. The van der Waals surface area contributed by atoms with Crippen molar-refractivity contribution < 1.29 is 4.74 Å². The van der Waals surface area contributed by atoms with Crippen molar-refractivity contribution in [1.82, 2.24) is 10.3 Å². The van der Waals surface area contributed by atoms with Gasteiger partial charge in [0, 0.05) is 18.3 Å². The maximum atomic E-state index is 8.49. The Bertz CT molecular complexity index is 407. The van der Waals surface area contributed by atoms with E-state index in [0.29, 0.717) is 18.3 Å². The van der Waals surface area contributed by atoms with Gasteiger partial charge >= 0.3 is 0 Å². The molecule has 16 heavy (non-hydrogen) atoms. The highest BCUT2D eigenvalue weighted by Crippen LogP contribution is 2.21. The summed E-state index contributed by atoms with van der Waals surface area (Å²) in [6, 6.07) is 6.38. The summed E-state index contributed by atoms with van der Waals surface area (Å²) in [5.74, 6) is 0.709. The van der Waals surface area contributed by atoms with Gasteiger partial charge in [-0.2, -0.15) is 5.26 Å². The van der Waals surface area contributed by atoms with E-state index in [1.54, 1.807) is 0 Å². The quantitative estimate of drug-likeness (QED) is 0.812. The first kappa shape index (κ1) is 10.9. The molecule has 1 saturated carbocycles. The topological polar surface area (TPSA) is 57.9 Å². The molecule has 4 heteroatoms. The van der Waals surface area contributed by atoms with Crippen LogP contribution in [0.4, 0.5) is 0 Å². The average Bonchev–Trinajstić information content (AvgIpc) is 3.09. The monoisotopic (exact) mass is 217 g/mol. The highest BCUT2D eigenvalue weighted by atomic mass is 16.5. The fraction of sp³-hybridized carbons (Fsp3) is 0.500. The number of rotatable bonds is 5. The summed E-state index contributed by atoms with van der Waals surface area (Å²) in [5.41, 5.74) is 1.86. The molecule has 1 aliphatic rings. The lowest BCUT2D eigenvalue weighted by molar-refractivity contribution is 0.359. The molecule has 0 amide bonds. The third-order valence-electron chi connectivity index (χ3n) is 2.50. The van der Waals surface area contributed by atoms with Crippen LogP contribution in [0.3, 0.4) is 0 Å². The second-order valence-electron chi connectivity index (χ2n) is 4.00.